The standard InChI is InChI=1S/C19H22N2O4/c1-3-20(4-2)14-18(15-8-6-5-7-9-15)25-19(22)16-10-12-17(13-11-16)21(23)24/h5-13,18H,3-4,14H2,1-2H3/t18-/m0/s1. The van der Waals surface area contributed by atoms with E-state index in [2.05, 4.69) is 18.7 Å². The van der Waals surface area contributed by atoms with Gasteiger partial charge in [-0.1, -0.05) is 44.2 Å². The molecule has 2 aromatic carbocycles. The number of carbonyl (C=O) groups is 1. The summed E-state index contributed by atoms with van der Waals surface area (Å²) in [7, 11) is 0. The van der Waals surface area contributed by atoms with Crippen molar-refractivity contribution in [2.45, 2.75) is 20.0 Å². The molecule has 0 amide bonds. The zero-order chi connectivity index (χ0) is 18.2. The van der Waals surface area contributed by atoms with Crippen molar-refractivity contribution in [3.05, 3.63) is 75.8 Å². The van der Waals surface area contributed by atoms with Crippen LogP contribution < -0.4 is 0 Å². The predicted molar refractivity (Wildman–Crippen MR) is 95.5 cm³/mol. The Morgan fingerprint density at radius 1 is 1.08 bits per heavy atom. The van der Waals surface area contributed by atoms with Gasteiger partial charge in [-0.25, -0.2) is 4.79 Å². The molecular weight excluding hydrogens is 320 g/mol. The highest BCUT2D eigenvalue weighted by molar-refractivity contribution is 5.89. The highest BCUT2D eigenvalue weighted by Gasteiger charge is 2.20. The number of nitrogens with zero attached hydrogens (tertiary/aromatic N) is 2. The third-order valence-electron chi connectivity index (χ3n) is 4.05. The second kappa shape index (κ2) is 8.94. The summed E-state index contributed by atoms with van der Waals surface area (Å²) in [6.07, 6.45) is -0.399. The lowest BCUT2D eigenvalue weighted by Gasteiger charge is -2.25. The number of ether oxygens (including phenoxy) is 1. The van der Waals surface area contributed by atoms with E-state index in [4.69, 9.17) is 4.74 Å². The smallest absolute Gasteiger partial charge is 0.338 e. The summed E-state index contributed by atoms with van der Waals surface area (Å²) in [5, 5.41) is 10.7. The van der Waals surface area contributed by atoms with Gasteiger partial charge in [-0.2, -0.15) is 0 Å². The Morgan fingerprint density at radius 3 is 2.20 bits per heavy atom. The van der Waals surface area contributed by atoms with E-state index in [1.54, 1.807) is 0 Å². The number of benzene rings is 2. The maximum Gasteiger partial charge on any atom is 0.338 e. The minimum atomic E-state index is -0.498. The molecule has 132 valence electrons. The first-order chi connectivity index (χ1) is 12.0. The predicted octanol–water partition coefficient (Wildman–Crippen LogP) is 3.83. The number of nitro groups is 1. The Morgan fingerprint density at radius 2 is 1.68 bits per heavy atom. The molecule has 0 spiro atoms. The largest absolute Gasteiger partial charge is 0.453 e. The molecule has 25 heavy (non-hydrogen) atoms. The van der Waals surface area contributed by atoms with Crippen LogP contribution in [0.25, 0.3) is 0 Å². The van der Waals surface area contributed by atoms with Gasteiger partial charge >= 0.3 is 5.97 Å². The molecule has 2 rings (SSSR count). The zero-order valence-electron chi connectivity index (χ0n) is 14.4. The monoisotopic (exact) mass is 342 g/mol. The Hall–Kier alpha value is -2.73. The lowest BCUT2D eigenvalue weighted by molar-refractivity contribution is -0.384. The molecule has 0 saturated carbocycles. The molecule has 0 unspecified atom stereocenters. The molecular formula is C19H22N2O4. The Kier molecular flexibility index (Phi) is 6.65. The first kappa shape index (κ1) is 18.6. The number of hydrogen-bond acceptors (Lipinski definition) is 5. The van der Waals surface area contributed by atoms with Crippen molar-refractivity contribution in [2.75, 3.05) is 19.6 Å². The van der Waals surface area contributed by atoms with Crippen LogP contribution in [-0.2, 0) is 4.74 Å². The van der Waals surface area contributed by atoms with E-state index in [1.807, 2.05) is 30.3 Å². The molecule has 0 heterocycles. The second-order valence-corrected chi connectivity index (χ2v) is 5.59. The SMILES string of the molecule is CCN(CC)C[C@H](OC(=O)c1ccc([N+](=O)[O-])cc1)c1ccccc1. The quantitative estimate of drug-likeness (QED) is 0.414. The van der Waals surface area contributed by atoms with E-state index < -0.39 is 17.0 Å². The van der Waals surface area contributed by atoms with Crippen molar-refractivity contribution in [2.24, 2.45) is 0 Å². The molecule has 0 fully saturated rings. The third kappa shape index (κ3) is 5.12. The average molecular weight is 342 g/mol. The summed E-state index contributed by atoms with van der Waals surface area (Å²) in [5.74, 6) is -0.490. The maximum absolute atomic E-state index is 12.5. The van der Waals surface area contributed by atoms with Crippen molar-refractivity contribution in [3.8, 4) is 0 Å². The van der Waals surface area contributed by atoms with Gasteiger partial charge in [-0.05, 0) is 30.8 Å². The van der Waals surface area contributed by atoms with E-state index in [0.29, 0.717) is 12.1 Å². The van der Waals surface area contributed by atoms with Gasteiger partial charge in [-0.3, -0.25) is 15.0 Å². The van der Waals surface area contributed by atoms with Crippen LogP contribution in [0.1, 0.15) is 35.9 Å². The fraction of sp³-hybridized carbons (Fsp3) is 0.316. The van der Waals surface area contributed by atoms with Crippen molar-refractivity contribution >= 4 is 11.7 Å². The summed E-state index contributed by atoms with van der Waals surface area (Å²) in [4.78, 5) is 24.9. The van der Waals surface area contributed by atoms with Gasteiger partial charge in [0.2, 0.25) is 0 Å². The number of nitro benzene ring substituents is 1. The molecule has 0 bridgehead atoms. The van der Waals surface area contributed by atoms with E-state index in [-0.39, 0.29) is 5.69 Å². The topological polar surface area (TPSA) is 72.7 Å². The van der Waals surface area contributed by atoms with E-state index >= 15 is 0 Å². The third-order valence-corrected chi connectivity index (χ3v) is 4.05. The molecule has 0 aromatic heterocycles. The van der Waals surface area contributed by atoms with E-state index in [1.165, 1.54) is 24.3 Å². The van der Waals surface area contributed by atoms with Crippen LogP contribution in [-0.4, -0.2) is 35.4 Å². The highest BCUT2D eigenvalue weighted by atomic mass is 16.6. The first-order valence-corrected chi connectivity index (χ1v) is 8.27. The van der Waals surface area contributed by atoms with E-state index in [0.717, 1.165) is 18.7 Å². The molecule has 0 aliphatic heterocycles. The fourth-order valence-electron chi connectivity index (χ4n) is 2.51. The number of hydrogen-bond donors (Lipinski definition) is 0. The Balaban J connectivity index is 2.17. The van der Waals surface area contributed by atoms with Crippen LogP contribution >= 0.6 is 0 Å². The highest BCUT2D eigenvalue weighted by Crippen LogP contribution is 2.21. The van der Waals surface area contributed by atoms with Gasteiger partial charge < -0.3 is 4.74 Å². The summed E-state index contributed by atoms with van der Waals surface area (Å²) in [6, 6.07) is 15.0. The molecule has 0 saturated heterocycles. The summed E-state index contributed by atoms with van der Waals surface area (Å²) in [6.45, 7) is 6.42. The Labute approximate surface area is 147 Å². The normalized spacial score (nSPS) is 12.0. The molecule has 6 nitrogen and oxygen atoms in total. The van der Waals surface area contributed by atoms with Crippen LogP contribution in [0.15, 0.2) is 54.6 Å². The lowest BCUT2D eigenvalue weighted by Crippen LogP contribution is -2.30. The van der Waals surface area contributed by atoms with Crippen molar-refractivity contribution in [3.63, 3.8) is 0 Å². The van der Waals surface area contributed by atoms with Crippen LogP contribution in [0, 0.1) is 10.1 Å². The lowest BCUT2D eigenvalue weighted by atomic mass is 10.1. The summed E-state index contributed by atoms with van der Waals surface area (Å²) in [5.41, 5.74) is 1.16. The number of esters is 1. The molecule has 1 atom stereocenters. The number of likely N-dealkylation sites (N-methyl/N-ethyl adjacent to an activating group) is 1. The molecule has 0 aliphatic rings. The van der Waals surface area contributed by atoms with Crippen LogP contribution in [0.3, 0.4) is 0 Å². The van der Waals surface area contributed by atoms with Gasteiger partial charge in [0.05, 0.1) is 10.5 Å². The molecule has 0 aliphatic carbocycles. The number of non-ortho nitro benzene ring substituents is 1. The molecule has 0 N–H and O–H groups in total. The molecule has 6 heteroatoms. The van der Waals surface area contributed by atoms with Crippen LogP contribution in [0.5, 0.6) is 0 Å². The fourth-order valence-corrected chi connectivity index (χ4v) is 2.51. The van der Waals surface area contributed by atoms with Crippen molar-refractivity contribution < 1.29 is 14.5 Å². The van der Waals surface area contributed by atoms with Crippen molar-refractivity contribution in [1.29, 1.82) is 0 Å². The number of carbonyl (C=O) groups excluding carboxylic acids is 1. The maximum atomic E-state index is 12.5. The van der Waals surface area contributed by atoms with Gasteiger partial charge in [-0.15, -0.1) is 0 Å². The van der Waals surface area contributed by atoms with Gasteiger partial charge in [0, 0.05) is 18.7 Å². The number of rotatable bonds is 8. The van der Waals surface area contributed by atoms with Gasteiger partial charge in [0.1, 0.15) is 6.10 Å². The van der Waals surface area contributed by atoms with Gasteiger partial charge in [0.15, 0.2) is 0 Å². The molecule has 2 aromatic rings. The minimum Gasteiger partial charge on any atom is -0.453 e. The van der Waals surface area contributed by atoms with Gasteiger partial charge in [0.25, 0.3) is 5.69 Å². The second-order valence-electron chi connectivity index (χ2n) is 5.59. The molecule has 0 radical (unpaired) electrons. The Bertz CT molecular complexity index is 697. The summed E-state index contributed by atoms with van der Waals surface area (Å²) < 4.78 is 5.71. The average Bonchev–Trinajstić information content (AvgIpc) is 2.65. The van der Waals surface area contributed by atoms with E-state index in [9.17, 15) is 14.9 Å². The summed E-state index contributed by atoms with van der Waals surface area (Å²) >= 11 is 0. The van der Waals surface area contributed by atoms with Crippen LogP contribution in [0.4, 0.5) is 5.69 Å². The zero-order valence-corrected chi connectivity index (χ0v) is 14.4. The minimum absolute atomic E-state index is 0.0562. The van der Waals surface area contributed by atoms with Crippen molar-refractivity contribution in [1.82, 2.24) is 4.90 Å². The van der Waals surface area contributed by atoms with Crippen LogP contribution in [0.2, 0.25) is 0 Å². The first-order valence-electron chi connectivity index (χ1n) is 8.27.